The number of carbonyl (C=O) groups is 1. The third-order valence-corrected chi connectivity index (χ3v) is 4.28. The zero-order chi connectivity index (χ0) is 18.0. The summed E-state index contributed by atoms with van der Waals surface area (Å²) >= 11 is 0. The highest BCUT2D eigenvalue weighted by Crippen LogP contribution is 2.21. The van der Waals surface area contributed by atoms with E-state index in [0.717, 1.165) is 12.0 Å². The summed E-state index contributed by atoms with van der Waals surface area (Å²) < 4.78 is 22.7. The van der Waals surface area contributed by atoms with Crippen LogP contribution in [0.1, 0.15) is 36.7 Å². The Balaban J connectivity index is 2.13. The predicted octanol–water partition coefficient (Wildman–Crippen LogP) is 3.17. The summed E-state index contributed by atoms with van der Waals surface area (Å²) in [5, 5.41) is 7.77. The molecule has 0 fully saturated rings. The van der Waals surface area contributed by atoms with E-state index in [2.05, 4.69) is 26.1 Å². The van der Waals surface area contributed by atoms with Gasteiger partial charge in [-0.25, -0.2) is 13.6 Å². The molecule has 2 rings (SSSR count). The highest BCUT2D eigenvalue weighted by molar-refractivity contribution is 7.89. The zero-order valence-electron chi connectivity index (χ0n) is 14.0. The molecule has 0 aliphatic carbocycles. The Kier molecular flexibility index (Phi) is 5.11. The van der Waals surface area contributed by atoms with Gasteiger partial charge >= 0.3 is 0 Å². The number of carbonyl (C=O) groups excluding carboxylic acids is 1. The summed E-state index contributed by atoms with van der Waals surface area (Å²) in [4.78, 5) is 12.2. The van der Waals surface area contributed by atoms with Crippen LogP contribution in [0.25, 0.3) is 0 Å². The minimum absolute atomic E-state index is 0.0409. The molecule has 3 N–H and O–H groups in total. The van der Waals surface area contributed by atoms with Crippen molar-refractivity contribution in [3.05, 3.63) is 59.7 Å². The third-order valence-electron chi connectivity index (χ3n) is 3.37. The van der Waals surface area contributed by atoms with E-state index in [9.17, 15) is 13.2 Å². The molecule has 0 aliphatic heterocycles. The summed E-state index contributed by atoms with van der Waals surface area (Å²) in [6.07, 6.45) is 0.922. The summed E-state index contributed by atoms with van der Waals surface area (Å²) in [6.45, 7) is 6.48. The molecule has 128 valence electrons. The lowest BCUT2D eigenvalue weighted by molar-refractivity contribution is 0.102. The lowest BCUT2D eigenvalue weighted by Crippen LogP contribution is -2.15. The van der Waals surface area contributed by atoms with Crippen LogP contribution in [0, 0.1) is 5.41 Å². The highest BCUT2D eigenvalue weighted by Gasteiger charge is 2.13. The number of nitrogens with two attached hydrogens (primary N) is 1. The Morgan fingerprint density at radius 2 is 1.71 bits per heavy atom. The van der Waals surface area contributed by atoms with Crippen molar-refractivity contribution in [3.63, 3.8) is 0 Å². The maximum Gasteiger partial charge on any atom is 0.255 e. The SMILES string of the molecule is CC(C)(C)Cc1ccc(C(=O)Nc2cccc(S(N)(=O)=O)c2)cc1. The molecule has 5 nitrogen and oxygen atoms in total. The van der Waals surface area contributed by atoms with Gasteiger partial charge in [-0.3, -0.25) is 4.79 Å². The molecule has 0 radical (unpaired) electrons. The Morgan fingerprint density at radius 1 is 1.08 bits per heavy atom. The van der Waals surface area contributed by atoms with E-state index in [-0.39, 0.29) is 16.2 Å². The number of amides is 1. The van der Waals surface area contributed by atoms with Gasteiger partial charge < -0.3 is 5.32 Å². The second-order valence-corrected chi connectivity index (χ2v) is 8.52. The number of primary sulfonamides is 1. The van der Waals surface area contributed by atoms with Gasteiger partial charge in [-0.15, -0.1) is 0 Å². The molecule has 24 heavy (non-hydrogen) atoms. The Morgan fingerprint density at radius 3 is 2.25 bits per heavy atom. The van der Waals surface area contributed by atoms with Crippen LogP contribution in [-0.2, 0) is 16.4 Å². The van der Waals surface area contributed by atoms with Crippen LogP contribution >= 0.6 is 0 Å². The van der Waals surface area contributed by atoms with Gasteiger partial charge in [0.1, 0.15) is 0 Å². The number of anilines is 1. The number of sulfonamides is 1. The first-order chi connectivity index (χ1) is 11.0. The quantitative estimate of drug-likeness (QED) is 0.891. The van der Waals surface area contributed by atoms with E-state index in [4.69, 9.17) is 5.14 Å². The summed E-state index contributed by atoms with van der Waals surface area (Å²) in [5.41, 5.74) is 2.23. The summed E-state index contributed by atoms with van der Waals surface area (Å²) in [7, 11) is -3.80. The van der Waals surface area contributed by atoms with Crippen molar-refractivity contribution >= 4 is 21.6 Å². The van der Waals surface area contributed by atoms with Gasteiger partial charge in [0.25, 0.3) is 5.91 Å². The van der Waals surface area contributed by atoms with Crippen LogP contribution in [0.2, 0.25) is 0 Å². The topological polar surface area (TPSA) is 89.3 Å². The van der Waals surface area contributed by atoms with Crippen molar-refractivity contribution in [3.8, 4) is 0 Å². The third kappa shape index (κ3) is 5.18. The van der Waals surface area contributed by atoms with Crippen LogP contribution in [0.15, 0.2) is 53.4 Å². The fourth-order valence-electron chi connectivity index (χ4n) is 2.34. The number of nitrogens with one attached hydrogen (secondary N) is 1. The minimum Gasteiger partial charge on any atom is -0.322 e. The van der Waals surface area contributed by atoms with Crippen LogP contribution < -0.4 is 10.5 Å². The molecule has 0 unspecified atom stereocenters. The average Bonchev–Trinajstić information content (AvgIpc) is 2.45. The molecule has 0 heterocycles. The largest absolute Gasteiger partial charge is 0.322 e. The molecule has 0 spiro atoms. The van der Waals surface area contributed by atoms with Crippen LogP contribution in [0.4, 0.5) is 5.69 Å². The molecule has 0 atom stereocenters. The molecular formula is C18H22N2O3S. The molecule has 0 aromatic heterocycles. The van der Waals surface area contributed by atoms with Gasteiger partial charge in [0.2, 0.25) is 10.0 Å². The van der Waals surface area contributed by atoms with E-state index in [1.807, 2.05) is 12.1 Å². The molecule has 0 aliphatic rings. The number of hydrogen-bond acceptors (Lipinski definition) is 3. The number of benzene rings is 2. The van der Waals surface area contributed by atoms with Gasteiger partial charge in [0.15, 0.2) is 0 Å². The van der Waals surface area contributed by atoms with Gasteiger partial charge in [-0.05, 0) is 47.7 Å². The van der Waals surface area contributed by atoms with Crippen molar-refractivity contribution < 1.29 is 13.2 Å². The van der Waals surface area contributed by atoms with E-state index < -0.39 is 10.0 Å². The fourth-order valence-corrected chi connectivity index (χ4v) is 2.90. The van der Waals surface area contributed by atoms with Gasteiger partial charge in [0.05, 0.1) is 4.90 Å². The Hall–Kier alpha value is -2.18. The van der Waals surface area contributed by atoms with Crippen molar-refractivity contribution in [2.45, 2.75) is 32.1 Å². The molecule has 2 aromatic rings. The van der Waals surface area contributed by atoms with Crippen molar-refractivity contribution in [1.82, 2.24) is 0 Å². The predicted molar refractivity (Wildman–Crippen MR) is 95.4 cm³/mol. The molecule has 1 amide bonds. The van der Waals surface area contributed by atoms with E-state index in [1.165, 1.54) is 18.2 Å². The molecule has 2 aromatic carbocycles. The van der Waals surface area contributed by atoms with E-state index in [1.54, 1.807) is 18.2 Å². The number of rotatable bonds is 4. The lowest BCUT2D eigenvalue weighted by Gasteiger charge is -2.18. The molecule has 0 saturated heterocycles. The molecular weight excluding hydrogens is 324 g/mol. The Bertz CT molecular complexity index is 835. The first-order valence-corrected chi connectivity index (χ1v) is 9.12. The van der Waals surface area contributed by atoms with Crippen LogP contribution in [-0.4, -0.2) is 14.3 Å². The maximum absolute atomic E-state index is 12.3. The lowest BCUT2D eigenvalue weighted by atomic mass is 9.88. The van der Waals surface area contributed by atoms with Crippen LogP contribution in [0.3, 0.4) is 0 Å². The van der Waals surface area contributed by atoms with Crippen LogP contribution in [0.5, 0.6) is 0 Å². The molecule has 0 saturated carbocycles. The second-order valence-electron chi connectivity index (χ2n) is 6.96. The smallest absolute Gasteiger partial charge is 0.255 e. The average molecular weight is 346 g/mol. The van der Waals surface area contributed by atoms with E-state index in [0.29, 0.717) is 11.3 Å². The van der Waals surface area contributed by atoms with Crippen molar-refractivity contribution in [1.29, 1.82) is 0 Å². The normalized spacial score (nSPS) is 12.0. The molecule has 6 heteroatoms. The van der Waals surface area contributed by atoms with Crippen molar-refractivity contribution in [2.75, 3.05) is 5.32 Å². The highest BCUT2D eigenvalue weighted by atomic mass is 32.2. The minimum atomic E-state index is -3.80. The molecule has 0 bridgehead atoms. The summed E-state index contributed by atoms with van der Waals surface area (Å²) in [6, 6.07) is 13.2. The zero-order valence-corrected chi connectivity index (χ0v) is 14.9. The number of hydrogen-bond donors (Lipinski definition) is 2. The first-order valence-electron chi connectivity index (χ1n) is 7.58. The first kappa shape index (κ1) is 18.2. The standard InChI is InChI=1S/C18H22N2O3S/c1-18(2,3)12-13-7-9-14(10-8-13)17(21)20-15-5-4-6-16(11-15)24(19,22)23/h4-11H,12H2,1-3H3,(H,20,21)(H2,19,22,23). The maximum atomic E-state index is 12.3. The second kappa shape index (κ2) is 6.75. The van der Waals surface area contributed by atoms with Gasteiger partial charge in [0, 0.05) is 11.3 Å². The Labute approximate surface area is 142 Å². The van der Waals surface area contributed by atoms with E-state index >= 15 is 0 Å². The van der Waals surface area contributed by atoms with Gasteiger partial charge in [-0.2, -0.15) is 0 Å². The van der Waals surface area contributed by atoms with Crippen molar-refractivity contribution in [2.24, 2.45) is 10.6 Å². The fraction of sp³-hybridized carbons (Fsp3) is 0.278. The monoisotopic (exact) mass is 346 g/mol. The summed E-state index contributed by atoms with van der Waals surface area (Å²) in [5.74, 6) is -0.302. The van der Waals surface area contributed by atoms with Gasteiger partial charge in [-0.1, -0.05) is 39.0 Å².